The van der Waals surface area contributed by atoms with Crippen LogP contribution in [0.25, 0.3) is 0 Å². The fourth-order valence-electron chi connectivity index (χ4n) is 5.41. The van der Waals surface area contributed by atoms with Crippen LogP contribution in [-0.2, 0) is 11.2 Å². The third kappa shape index (κ3) is 12.4. The van der Waals surface area contributed by atoms with E-state index in [4.69, 9.17) is 21.3 Å². The molecule has 42 heavy (non-hydrogen) atoms. The van der Waals surface area contributed by atoms with Crippen LogP contribution in [-0.4, -0.2) is 71.8 Å². The van der Waals surface area contributed by atoms with Crippen molar-refractivity contribution >= 4 is 17.3 Å². The topological polar surface area (TPSA) is 31.3 Å². The predicted octanol–water partition coefficient (Wildman–Crippen LogP) is 8.88. The molecule has 2 aliphatic rings. The zero-order valence-corrected chi connectivity index (χ0v) is 28.6. The third-order valence-corrected chi connectivity index (χ3v) is 7.79. The Bertz CT molecular complexity index is 1100. The van der Waals surface area contributed by atoms with Crippen LogP contribution < -0.4 is 0 Å². The molecule has 0 radical (unpaired) electrons. The van der Waals surface area contributed by atoms with E-state index >= 15 is 0 Å². The number of aliphatic imine (C=N–C) groups is 1. The molecule has 0 unspecified atom stereocenters. The van der Waals surface area contributed by atoms with E-state index in [0.29, 0.717) is 0 Å². The van der Waals surface area contributed by atoms with Gasteiger partial charge in [-0.3, -0.25) is 9.89 Å². The molecule has 234 valence electrons. The van der Waals surface area contributed by atoms with Gasteiger partial charge in [0.05, 0.1) is 0 Å². The summed E-state index contributed by atoms with van der Waals surface area (Å²) in [6.45, 7) is 28.4. The summed E-state index contributed by atoms with van der Waals surface area (Å²) in [6, 6.07) is 8.02. The Balaban J connectivity index is 0.000000518. The van der Waals surface area contributed by atoms with Crippen LogP contribution in [0.4, 0.5) is 0 Å². The standard InChI is InChI=1S/C27H46N4O.C9H11Cl/c1-9-11-14-28-22(3)26(25(10-2)21-29-15-12-13-16-29)23(4)30-17-19-31(20-18-30)24(5)32-27(6,7)8;1-2-4-8-5-3-6-9(10)7-8/h10-11,14H,5,9,12-13,15-21H2,1-4,6-8H3;3,5-7H,2,4H2,1H3/b14-11+,25-10-,26-23-,28-22+;. The zero-order chi connectivity index (χ0) is 31.1. The molecule has 2 fully saturated rings. The fourth-order valence-corrected chi connectivity index (χ4v) is 5.62. The number of halogens is 1. The van der Waals surface area contributed by atoms with Crippen LogP contribution in [0.2, 0.25) is 5.02 Å². The van der Waals surface area contributed by atoms with Gasteiger partial charge in [-0.05, 0) is 110 Å². The van der Waals surface area contributed by atoms with Crippen LogP contribution >= 0.6 is 11.6 Å². The summed E-state index contributed by atoms with van der Waals surface area (Å²) < 4.78 is 6.00. The highest BCUT2D eigenvalue weighted by molar-refractivity contribution is 6.30. The number of allylic oxidation sites excluding steroid dienone is 3. The monoisotopic (exact) mass is 596 g/mol. The second kappa shape index (κ2) is 18.2. The largest absolute Gasteiger partial charge is 0.474 e. The summed E-state index contributed by atoms with van der Waals surface area (Å²) in [5.41, 5.74) is 6.23. The Kier molecular flexibility index (Phi) is 15.5. The summed E-state index contributed by atoms with van der Waals surface area (Å²) in [6.07, 6.45) is 12.3. The second-order valence-corrected chi connectivity index (χ2v) is 12.7. The molecule has 0 aromatic heterocycles. The number of hydrogen-bond acceptors (Lipinski definition) is 5. The number of aryl methyl sites for hydroxylation is 1. The Morgan fingerprint density at radius 1 is 1.02 bits per heavy atom. The van der Waals surface area contributed by atoms with E-state index in [1.165, 1.54) is 54.8 Å². The highest BCUT2D eigenvalue weighted by Gasteiger charge is 2.25. The first-order chi connectivity index (χ1) is 20.0. The number of piperazine rings is 1. The van der Waals surface area contributed by atoms with Crippen LogP contribution in [0.5, 0.6) is 0 Å². The van der Waals surface area contributed by atoms with Gasteiger partial charge in [-0.25, -0.2) is 0 Å². The molecule has 0 N–H and O–H groups in total. The SMILES string of the molecule is C=C(OC(C)(C)C)N1CCN(/C(C)=C(C(=C/C)\CN2CCCC2)/C(C)=N/C=C/CC)CC1.CCCc1cccc(Cl)c1. The Hall–Kier alpha value is -2.50. The molecule has 1 aromatic carbocycles. The van der Waals surface area contributed by atoms with E-state index in [2.05, 4.69) is 94.9 Å². The van der Waals surface area contributed by atoms with E-state index in [1.807, 2.05) is 24.4 Å². The van der Waals surface area contributed by atoms with Crippen molar-refractivity contribution in [2.75, 3.05) is 45.8 Å². The molecule has 0 bridgehead atoms. The van der Waals surface area contributed by atoms with Crippen molar-refractivity contribution in [3.05, 3.63) is 82.5 Å². The molecule has 0 aliphatic carbocycles. The van der Waals surface area contributed by atoms with Crippen LogP contribution in [0.1, 0.15) is 86.6 Å². The van der Waals surface area contributed by atoms with E-state index < -0.39 is 0 Å². The highest BCUT2D eigenvalue weighted by Crippen LogP contribution is 2.25. The lowest BCUT2D eigenvalue weighted by Gasteiger charge is -2.40. The molecule has 0 saturated carbocycles. The van der Waals surface area contributed by atoms with E-state index in [-0.39, 0.29) is 5.60 Å². The van der Waals surface area contributed by atoms with Crippen molar-refractivity contribution in [3.8, 4) is 0 Å². The number of rotatable bonds is 11. The van der Waals surface area contributed by atoms with Gasteiger partial charge in [-0.2, -0.15) is 0 Å². The lowest BCUT2D eigenvalue weighted by atomic mass is 9.97. The predicted molar refractivity (Wildman–Crippen MR) is 183 cm³/mol. The van der Waals surface area contributed by atoms with Gasteiger partial charge < -0.3 is 14.5 Å². The minimum atomic E-state index is -0.215. The molecule has 0 spiro atoms. The molecule has 0 atom stereocenters. The summed E-state index contributed by atoms with van der Waals surface area (Å²) in [5.74, 6) is 0.782. The van der Waals surface area contributed by atoms with Gasteiger partial charge in [0.25, 0.3) is 0 Å². The average molecular weight is 597 g/mol. The van der Waals surface area contributed by atoms with E-state index in [9.17, 15) is 0 Å². The zero-order valence-electron chi connectivity index (χ0n) is 27.8. The molecular formula is C36H57ClN4O. The minimum Gasteiger partial charge on any atom is -0.474 e. The molecule has 2 aliphatic heterocycles. The number of benzene rings is 1. The molecule has 2 saturated heterocycles. The smallest absolute Gasteiger partial charge is 0.182 e. The van der Waals surface area contributed by atoms with Gasteiger partial charge in [0.15, 0.2) is 5.88 Å². The van der Waals surface area contributed by atoms with Gasteiger partial charge in [0, 0.05) is 60.9 Å². The van der Waals surface area contributed by atoms with Crippen molar-refractivity contribution in [3.63, 3.8) is 0 Å². The maximum atomic E-state index is 6.00. The van der Waals surface area contributed by atoms with Crippen LogP contribution in [0, 0.1) is 0 Å². The summed E-state index contributed by atoms with van der Waals surface area (Å²) >= 11 is 5.78. The van der Waals surface area contributed by atoms with Gasteiger partial charge in [-0.1, -0.05) is 56.2 Å². The molecule has 5 nitrogen and oxygen atoms in total. The van der Waals surface area contributed by atoms with E-state index in [0.717, 1.165) is 62.2 Å². The molecular weight excluding hydrogens is 540 g/mol. The maximum absolute atomic E-state index is 6.00. The quantitative estimate of drug-likeness (QED) is 0.145. The molecule has 0 amide bonds. The molecule has 6 heteroatoms. The first-order valence-corrected chi connectivity index (χ1v) is 16.3. The minimum absolute atomic E-state index is 0.215. The normalized spacial score (nSPS) is 17.7. The number of ether oxygens (including phenoxy) is 1. The van der Waals surface area contributed by atoms with Crippen molar-refractivity contribution in [1.82, 2.24) is 14.7 Å². The third-order valence-electron chi connectivity index (χ3n) is 7.55. The lowest BCUT2D eigenvalue weighted by Crippen LogP contribution is -2.46. The van der Waals surface area contributed by atoms with Crippen molar-refractivity contribution in [1.29, 1.82) is 0 Å². The molecule has 1 aromatic rings. The van der Waals surface area contributed by atoms with Crippen LogP contribution in [0.15, 0.2) is 76.9 Å². The van der Waals surface area contributed by atoms with Crippen molar-refractivity contribution < 1.29 is 4.74 Å². The second-order valence-electron chi connectivity index (χ2n) is 12.2. The number of nitrogens with zero attached hydrogens (tertiary/aromatic N) is 4. The van der Waals surface area contributed by atoms with Crippen LogP contribution in [0.3, 0.4) is 0 Å². The number of likely N-dealkylation sites (tertiary alicyclic amines) is 1. The fraction of sp³-hybridized carbons (Fsp3) is 0.583. The Morgan fingerprint density at radius 2 is 1.67 bits per heavy atom. The Labute approximate surface area is 262 Å². The highest BCUT2D eigenvalue weighted by atomic mass is 35.5. The van der Waals surface area contributed by atoms with E-state index in [1.54, 1.807) is 0 Å². The summed E-state index contributed by atoms with van der Waals surface area (Å²) in [5, 5.41) is 0.839. The van der Waals surface area contributed by atoms with Gasteiger partial charge >= 0.3 is 0 Å². The maximum Gasteiger partial charge on any atom is 0.182 e. The first kappa shape index (κ1) is 35.7. The van der Waals surface area contributed by atoms with Gasteiger partial charge in [0.1, 0.15) is 5.60 Å². The first-order valence-electron chi connectivity index (χ1n) is 15.9. The number of hydrogen-bond donors (Lipinski definition) is 0. The van der Waals surface area contributed by atoms with Crippen molar-refractivity contribution in [2.24, 2.45) is 4.99 Å². The lowest BCUT2D eigenvalue weighted by molar-refractivity contribution is -0.00707. The molecule has 3 rings (SSSR count). The van der Waals surface area contributed by atoms with Gasteiger partial charge in [-0.15, -0.1) is 0 Å². The molecule has 2 heterocycles. The summed E-state index contributed by atoms with van der Waals surface area (Å²) in [7, 11) is 0. The van der Waals surface area contributed by atoms with Gasteiger partial charge in [0.2, 0.25) is 0 Å². The average Bonchev–Trinajstić information content (AvgIpc) is 3.46. The Morgan fingerprint density at radius 3 is 2.21 bits per heavy atom. The summed E-state index contributed by atoms with van der Waals surface area (Å²) in [4.78, 5) is 12.1. The van der Waals surface area contributed by atoms with Crippen molar-refractivity contribution in [2.45, 2.75) is 93.1 Å².